The third kappa shape index (κ3) is 3.46. The smallest absolute Gasteiger partial charge is 0.318 e. The minimum Gasteiger partial charge on any atom is -0.356 e. The molecule has 4 aromatic rings. The van der Waals surface area contributed by atoms with E-state index in [1.165, 1.54) is 6.07 Å². The number of benzene rings is 3. The zero-order valence-corrected chi connectivity index (χ0v) is 17.3. The molecule has 156 valence electrons. The summed E-state index contributed by atoms with van der Waals surface area (Å²) >= 11 is 0. The van der Waals surface area contributed by atoms with Crippen molar-refractivity contribution in [2.24, 2.45) is 0 Å². The van der Waals surface area contributed by atoms with Gasteiger partial charge >= 0.3 is 6.03 Å². The maximum Gasteiger partial charge on any atom is 0.318 e. The third-order valence-electron chi connectivity index (χ3n) is 6.13. The lowest BCUT2D eigenvalue weighted by Gasteiger charge is -2.37. The van der Waals surface area contributed by atoms with E-state index in [0.717, 1.165) is 34.1 Å². The number of aromatic amines is 1. The number of hydrogen-bond donors (Lipinski definition) is 2. The molecule has 1 aliphatic heterocycles. The molecule has 3 aromatic carbocycles. The van der Waals surface area contributed by atoms with E-state index in [1.54, 1.807) is 17.0 Å². The van der Waals surface area contributed by atoms with Crippen molar-refractivity contribution in [3.63, 3.8) is 0 Å². The van der Waals surface area contributed by atoms with Crippen molar-refractivity contribution in [1.29, 1.82) is 0 Å². The van der Waals surface area contributed by atoms with Gasteiger partial charge in [0.15, 0.2) is 0 Å². The van der Waals surface area contributed by atoms with Gasteiger partial charge in [-0.2, -0.15) is 0 Å². The van der Waals surface area contributed by atoms with E-state index in [-0.39, 0.29) is 17.9 Å². The first-order valence-electron chi connectivity index (χ1n) is 10.6. The summed E-state index contributed by atoms with van der Waals surface area (Å²) in [6, 6.07) is 23.8. The first kappa shape index (κ1) is 19.4. The quantitative estimate of drug-likeness (QED) is 0.443. The van der Waals surface area contributed by atoms with Crippen LogP contribution in [0.2, 0.25) is 0 Å². The molecular weight excluding hydrogens is 389 g/mol. The van der Waals surface area contributed by atoms with Gasteiger partial charge in [0.1, 0.15) is 11.9 Å². The lowest BCUT2D eigenvalue weighted by Crippen LogP contribution is -2.46. The number of halogens is 1. The van der Waals surface area contributed by atoms with Crippen LogP contribution in [0.4, 0.5) is 9.18 Å². The Hall–Kier alpha value is -3.60. The van der Waals surface area contributed by atoms with Crippen LogP contribution in [0.3, 0.4) is 0 Å². The number of hydrogen-bond acceptors (Lipinski definition) is 1. The third-order valence-corrected chi connectivity index (χ3v) is 6.13. The van der Waals surface area contributed by atoms with Gasteiger partial charge in [-0.3, -0.25) is 0 Å². The van der Waals surface area contributed by atoms with Crippen molar-refractivity contribution < 1.29 is 9.18 Å². The number of fused-ring (bicyclic) bond motifs is 3. The van der Waals surface area contributed by atoms with Crippen LogP contribution < -0.4 is 5.32 Å². The predicted molar refractivity (Wildman–Crippen MR) is 120 cm³/mol. The average molecular weight is 413 g/mol. The van der Waals surface area contributed by atoms with Crippen LogP contribution in [0.25, 0.3) is 10.9 Å². The zero-order chi connectivity index (χ0) is 21.4. The SMILES string of the molecule is C[C@H](NC(=O)N1CCc2c([nH]c3ccccc23)C1c1ccccc1F)c1ccccc1. The molecule has 2 heterocycles. The number of carbonyl (C=O) groups excluding carboxylic acids is 1. The van der Waals surface area contributed by atoms with Crippen molar-refractivity contribution >= 4 is 16.9 Å². The normalized spacial score (nSPS) is 16.7. The fourth-order valence-electron chi connectivity index (χ4n) is 4.57. The summed E-state index contributed by atoms with van der Waals surface area (Å²) in [5.74, 6) is -0.312. The number of carbonyl (C=O) groups is 1. The maximum atomic E-state index is 14.9. The van der Waals surface area contributed by atoms with Crippen LogP contribution in [-0.2, 0) is 6.42 Å². The van der Waals surface area contributed by atoms with Crippen molar-refractivity contribution in [2.45, 2.75) is 25.4 Å². The monoisotopic (exact) mass is 413 g/mol. The summed E-state index contributed by atoms with van der Waals surface area (Å²) in [5.41, 5.74) is 4.58. The summed E-state index contributed by atoms with van der Waals surface area (Å²) in [5, 5.41) is 4.24. The Morgan fingerprint density at radius 3 is 2.55 bits per heavy atom. The Balaban J connectivity index is 1.55. The van der Waals surface area contributed by atoms with Crippen LogP contribution in [0.15, 0.2) is 78.9 Å². The van der Waals surface area contributed by atoms with Crippen LogP contribution >= 0.6 is 0 Å². The molecule has 31 heavy (non-hydrogen) atoms. The molecule has 0 radical (unpaired) electrons. The van der Waals surface area contributed by atoms with Crippen LogP contribution in [-0.4, -0.2) is 22.5 Å². The van der Waals surface area contributed by atoms with Crippen LogP contribution in [0.1, 0.15) is 41.4 Å². The molecule has 0 spiro atoms. The molecule has 0 aliphatic carbocycles. The first-order chi connectivity index (χ1) is 15.1. The molecule has 5 heteroatoms. The molecule has 0 saturated heterocycles. The molecule has 0 saturated carbocycles. The molecule has 2 atom stereocenters. The summed E-state index contributed by atoms with van der Waals surface area (Å²) in [6.07, 6.45) is 0.720. The second-order valence-electron chi connectivity index (χ2n) is 8.01. The standard InChI is InChI=1S/C26H24FN3O/c1-17(18-9-3-2-4-10-18)28-26(31)30-16-15-20-19-11-6-8-14-23(19)29-24(20)25(30)21-12-5-7-13-22(21)27/h2-14,17,25,29H,15-16H2,1H3,(H,28,31)/t17-,25?/m0/s1. The molecule has 1 aromatic heterocycles. The van der Waals surface area contributed by atoms with Gasteiger partial charge in [-0.15, -0.1) is 0 Å². The molecule has 4 nitrogen and oxygen atoms in total. The zero-order valence-electron chi connectivity index (χ0n) is 17.3. The number of aromatic nitrogens is 1. The van der Waals surface area contributed by atoms with Gasteiger partial charge in [0.25, 0.3) is 0 Å². The summed E-state index contributed by atoms with van der Waals surface area (Å²) in [6.45, 7) is 2.48. The maximum absolute atomic E-state index is 14.9. The summed E-state index contributed by atoms with van der Waals surface area (Å²) in [4.78, 5) is 18.6. The number of nitrogens with one attached hydrogen (secondary N) is 2. The molecule has 5 rings (SSSR count). The van der Waals surface area contributed by atoms with E-state index in [0.29, 0.717) is 12.1 Å². The van der Waals surface area contributed by atoms with Crippen molar-refractivity contribution in [1.82, 2.24) is 15.2 Å². The number of amides is 2. The fourth-order valence-corrected chi connectivity index (χ4v) is 4.57. The molecule has 0 fully saturated rings. The van der Waals surface area contributed by atoms with E-state index in [1.807, 2.05) is 61.5 Å². The summed E-state index contributed by atoms with van der Waals surface area (Å²) < 4.78 is 14.9. The minimum atomic E-state index is -0.514. The van der Waals surface area contributed by atoms with Crippen molar-refractivity contribution in [3.8, 4) is 0 Å². The topological polar surface area (TPSA) is 48.1 Å². The van der Waals surface area contributed by atoms with Gasteiger partial charge in [0.2, 0.25) is 0 Å². The largest absolute Gasteiger partial charge is 0.356 e. The number of H-pyrrole nitrogens is 1. The Morgan fingerprint density at radius 2 is 1.74 bits per heavy atom. The van der Waals surface area contributed by atoms with E-state index in [9.17, 15) is 9.18 Å². The Bertz CT molecular complexity index is 1230. The van der Waals surface area contributed by atoms with Crippen molar-refractivity contribution in [3.05, 3.63) is 107 Å². The molecule has 2 N–H and O–H groups in total. The van der Waals surface area contributed by atoms with Gasteiger partial charge in [-0.1, -0.05) is 66.7 Å². The van der Waals surface area contributed by atoms with E-state index < -0.39 is 6.04 Å². The molecule has 0 bridgehead atoms. The number of para-hydroxylation sites is 1. The lowest BCUT2D eigenvalue weighted by molar-refractivity contribution is 0.175. The summed E-state index contributed by atoms with van der Waals surface area (Å²) in [7, 11) is 0. The van der Waals surface area contributed by atoms with Gasteiger partial charge in [0, 0.05) is 28.7 Å². The van der Waals surface area contributed by atoms with Gasteiger partial charge in [0.05, 0.1) is 6.04 Å². The highest BCUT2D eigenvalue weighted by molar-refractivity contribution is 5.86. The second kappa shape index (κ2) is 7.91. The highest BCUT2D eigenvalue weighted by Crippen LogP contribution is 2.39. The van der Waals surface area contributed by atoms with E-state index in [2.05, 4.69) is 16.4 Å². The average Bonchev–Trinajstić information content (AvgIpc) is 3.18. The van der Waals surface area contributed by atoms with Crippen molar-refractivity contribution in [2.75, 3.05) is 6.54 Å². The Kier molecular flexibility index (Phi) is 4.94. The van der Waals surface area contributed by atoms with Crippen LogP contribution in [0, 0.1) is 5.82 Å². The highest BCUT2D eigenvalue weighted by atomic mass is 19.1. The Morgan fingerprint density at radius 1 is 1.03 bits per heavy atom. The predicted octanol–water partition coefficient (Wildman–Crippen LogP) is 5.73. The first-order valence-corrected chi connectivity index (χ1v) is 10.6. The number of urea groups is 1. The lowest BCUT2D eigenvalue weighted by atomic mass is 9.92. The highest BCUT2D eigenvalue weighted by Gasteiger charge is 2.36. The van der Waals surface area contributed by atoms with E-state index in [4.69, 9.17) is 0 Å². The fraction of sp³-hybridized carbons (Fsp3) is 0.192. The van der Waals surface area contributed by atoms with Crippen LogP contribution in [0.5, 0.6) is 0 Å². The molecular formula is C26H24FN3O. The van der Waals surface area contributed by atoms with E-state index >= 15 is 0 Å². The second-order valence-corrected chi connectivity index (χ2v) is 8.01. The molecule has 1 aliphatic rings. The molecule has 1 unspecified atom stereocenters. The van der Waals surface area contributed by atoms with Gasteiger partial charge in [-0.25, -0.2) is 9.18 Å². The Labute approximate surface area is 180 Å². The number of nitrogens with zero attached hydrogens (tertiary/aromatic N) is 1. The number of rotatable bonds is 3. The van der Waals surface area contributed by atoms with Gasteiger partial charge < -0.3 is 15.2 Å². The minimum absolute atomic E-state index is 0.154. The molecule has 2 amide bonds. The van der Waals surface area contributed by atoms with Gasteiger partial charge in [-0.05, 0) is 36.6 Å².